The van der Waals surface area contributed by atoms with Crippen molar-refractivity contribution in [1.29, 1.82) is 0 Å². The van der Waals surface area contributed by atoms with Crippen LogP contribution in [0.3, 0.4) is 0 Å². The average molecular weight is 294 g/mol. The molecule has 0 fully saturated rings. The maximum Gasteiger partial charge on any atom is 0.255 e. The lowest BCUT2D eigenvalue weighted by Crippen LogP contribution is -2.27. The van der Waals surface area contributed by atoms with Crippen LogP contribution in [0.5, 0.6) is 0 Å². The van der Waals surface area contributed by atoms with Crippen LogP contribution in [0.2, 0.25) is 0 Å². The van der Waals surface area contributed by atoms with Crippen molar-refractivity contribution in [1.82, 2.24) is 15.3 Å². The first-order valence-electron chi connectivity index (χ1n) is 6.17. The summed E-state index contributed by atoms with van der Waals surface area (Å²) in [6.45, 7) is 3.86. The summed E-state index contributed by atoms with van der Waals surface area (Å²) in [4.78, 5) is 21.1. The molecule has 0 saturated heterocycles. The molecule has 3 N–H and O–H groups in total. The van der Waals surface area contributed by atoms with Gasteiger partial charge in [0.05, 0.1) is 17.8 Å². The number of nitrogens with one attached hydrogen (secondary N) is 1. The normalized spacial score (nSPS) is 12.2. The Balaban J connectivity index is 2.12. The molecule has 0 bridgehead atoms. The number of nitrogens with two attached hydrogens (primary N) is 1. The molecule has 0 radical (unpaired) electrons. The van der Waals surface area contributed by atoms with Crippen molar-refractivity contribution in [3.05, 3.63) is 39.7 Å². The molecule has 0 saturated carbocycles. The van der Waals surface area contributed by atoms with Gasteiger partial charge in [-0.25, -0.2) is 14.4 Å². The van der Waals surface area contributed by atoms with Crippen LogP contribution in [-0.4, -0.2) is 15.9 Å². The third-order valence-electron chi connectivity index (χ3n) is 2.77. The number of hydrogen-bond donors (Lipinski definition) is 2. The van der Waals surface area contributed by atoms with Gasteiger partial charge in [0, 0.05) is 11.1 Å². The Labute approximate surface area is 120 Å². The number of carbonyl (C=O) groups excluding carboxylic acids is 1. The average Bonchev–Trinajstić information content (AvgIpc) is 2.90. The van der Waals surface area contributed by atoms with Gasteiger partial charge in [-0.1, -0.05) is 6.92 Å². The van der Waals surface area contributed by atoms with Gasteiger partial charge in [-0.2, -0.15) is 0 Å². The predicted octanol–water partition coefficient (Wildman–Crippen LogP) is 2.31. The second-order valence-electron chi connectivity index (χ2n) is 4.30. The van der Waals surface area contributed by atoms with E-state index in [0.29, 0.717) is 0 Å². The Morgan fingerprint density at radius 1 is 1.50 bits per heavy atom. The maximum atomic E-state index is 13.1. The molecule has 1 unspecified atom stereocenters. The summed E-state index contributed by atoms with van der Waals surface area (Å²) in [5.74, 6) is -1.06. The van der Waals surface area contributed by atoms with E-state index in [1.165, 1.54) is 11.3 Å². The summed E-state index contributed by atoms with van der Waals surface area (Å²) in [7, 11) is 0. The SMILES string of the molecule is CCc1cnc(C(C)NC(=O)c2cc(F)cnc2N)s1. The van der Waals surface area contributed by atoms with E-state index >= 15 is 0 Å². The van der Waals surface area contributed by atoms with Gasteiger partial charge in [0.1, 0.15) is 16.6 Å². The minimum absolute atomic E-state index is 0.00415. The molecule has 2 heterocycles. The van der Waals surface area contributed by atoms with E-state index in [-0.39, 0.29) is 17.4 Å². The Bertz CT molecular complexity index is 629. The fraction of sp³-hybridized carbons (Fsp3) is 0.308. The Kier molecular flexibility index (Phi) is 4.29. The van der Waals surface area contributed by atoms with Crippen molar-refractivity contribution in [2.24, 2.45) is 0 Å². The second kappa shape index (κ2) is 5.96. The Hall–Kier alpha value is -2.02. The van der Waals surface area contributed by atoms with Gasteiger partial charge in [-0.05, 0) is 19.4 Å². The van der Waals surface area contributed by atoms with E-state index in [1.807, 2.05) is 13.8 Å². The second-order valence-corrected chi connectivity index (χ2v) is 5.45. The monoisotopic (exact) mass is 294 g/mol. The van der Waals surface area contributed by atoms with E-state index in [1.54, 1.807) is 6.20 Å². The summed E-state index contributed by atoms with van der Waals surface area (Å²) in [6.07, 6.45) is 3.67. The molecule has 0 aromatic carbocycles. The number of hydrogen-bond acceptors (Lipinski definition) is 5. The standard InChI is InChI=1S/C13H15FN4OS/c1-3-9-6-17-13(20-9)7(2)18-12(19)10-4-8(14)5-16-11(10)15/h4-7H,3H2,1-2H3,(H2,15,16)(H,18,19). The summed E-state index contributed by atoms with van der Waals surface area (Å²) in [6, 6.07) is 0.805. The van der Waals surface area contributed by atoms with E-state index in [0.717, 1.165) is 28.6 Å². The number of nitrogen functional groups attached to an aromatic ring is 1. The summed E-state index contributed by atoms with van der Waals surface area (Å²) in [5, 5.41) is 3.54. The molecule has 5 nitrogen and oxygen atoms in total. The minimum atomic E-state index is -0.598. The number of anilines is 1. The molecule has 0 aliphatic heterocycles. The van der Waals surface area contributed by atoms with Crippen LogP contribution in [0, 0.1) is 5.82 Å². The quantitative estimate of drug-likeness (QED) is 0.906. The molecule has 7 heteroatoms. The fourth-order valence-electron chi connectivity index (χ4n) is 1.65. The summed E-state index contributed by atoms with van der Waals surface area (Å²) in [5.41, 5.74) is 5.61. The largest absolute Gasteiger partial charge is 0.383 e. The highest BCUT2D eigenvalue weighted by Gasteiger charge is 2.17. The number of halogens is 1. The fourth-order valence-corrected chi connectivity index (χ4v) is 2.51. The highest BCUT2D eigenvalue weighted by atomic mass is 32.1. The first-order valence-corrected chi connectivity index (χ1v) is 6.99. The number of rotatable bonds is 4. The number of aryl methyl sites for hydroxylation is 1. The molecule has 1 atom stereocenters. The van der Waals surface area contributed by atoms with Gasteiger partial charge < -0.3 is 11.1 Å². The van der Waals surface area contributed by atoms with E-state index in [9.17, 15) is 9.18 Å². The predicted molar refractivity (Wildman–Crippen MR) is 76.0 cm³/mol. The van der Waals surface area contributed by atoms with Crippen LogP contribution in [0.4, 0.5) is 10.2 Å². The molecular weight excluding hydrogens is 279 g/mol. The summed E-state index contributed by atoms with van der Waals surface area (Å²) < 4.78 is 13.1. The first kappa shape index (κ1) is 14.4. The smallest absolute Gasteiger partial charge is 0.255 e. The molecular formula is C13H15FN4OS. The molecule has 1 amide bonds. The third-order valence-corrected chi connectivity index (χ3v) is 4.09. The van der Waals surface area contributed by atoms with Crippen LogP contribution >= 0.6 is 11.3 Å². The van der Waals surface area contributed by atoms with Gasteiger partial charge in [0.25, 0.3) is 5.91 Å². The highest BCUT2D eigenvalue weighted by molar-refractivity contribution is 7.11. The zero-order chi connectivity index (χ0) is 14.7. The lowest BCUT2D eigenvalue weighted by atomic mass is 10.2. The lowest BCUT2D eigenvalue weighted by Gasteiger charge is -2.12. The maximum absolute atomic E-state index is 13.1. The van der Waals surface area contributed by atoms with Crippen molar-refractivity contribution in [3.8, 4) is 0 Å². The summed E-state index contributed by atoms with van der Waals surface area (Å²) >= 11 is 1.54. The molecule has 2 aromatic rings. The number of aromatic nitrogens is 2. The van der Waals surface area contributed by atoms with Gasteiger partial charge in [-0.3, -0.25) is 4.79 Å². The van der Waals surface area contributed by atoms with Crippen LogP contribution in [0.15, 0.2) is 18.5 Å². The molecule has 2 aromatic heterocycles. The van der Waals surface area contributed by atoms with Crippen molar-refractivity contribution in [2.45, 2.75) is 26.3 Å². The third kappa shape index (κ3) is 3.11. The Morgan fingerprint density at radius 2 is 2.25 bits per heavy atom. The van der Waals surface area contributed by atoms with Gasteiger partial charge in [0.2, 0.25) is 0 Å². The lowest BCUT2D eigenvalue weighted by molar-refractivity contribution is 0.0940. The topological polar surface area (TPSA) is 80.9 Å². The molecule has 106 valence electrons. The van der Waals surface area contributed by atoms with Crippen LogP contribution < -0.4 is 11.1 Å². The van der Waals surface area contributed by atoms with Gasteiger partial charge >= 0.3 is 0 Å². The van der Waals surface area contributed by atoms with Gasteiger partial charge in [-0.15, -0.1) is 11.3 Å². The highest BCUT2D eigenvalue weighted by Crippen LogP contribution is 2.21. The number of amides is 1. The van der Waals surface area contributed by atoms with E-state index in [4.69, 9.17) is 5.73 Å². The zero-order valence-corrected chi connectivity index (χ0v) is 12.0. The minimum Gasteiger partial charge on any atom is -0.383 e. The van der Waals surface area contributed by atoms with Crippen molar-refractivity contribution >= 4 is 23.1 Å². The molecule has 0 aliphatic carbocycles. The first-order chi connectivity index (χ1) is 9.51. The van der Waals surface area contributed by atoms with Crippen molar-refractivity contribution < 1.29 is 9.18 Å². The van der Waals surface area contributed by atoms with Crippen molar-refractivity contribution in [3.63, 3.8) is 0 Å². The van der Waals surface area contributed by atoms with Crippen LogP contribution in [0.25, 0.3) is 0 Å². The molecule has 20 heavy (non-hydrogen) atoms. The zero-order valence-electron chi connectivity index (χ0n) is 11.2. The number of pyridine rings is 1. The molecule has 0 spiro atoms. The number of nitrogens with zero attached hydrogens (tertiary/aromatic N) is 2. The van der Waals surface area contributed by atoms with Crippen LogP contribution in [0.1, 0.15) is 40.1 Å². The Morgan fingerprint density at radius 3 is 2.90 bits per heavy atom. The van der Waals surface area contributed by atoms with Gasteiger partial charge in [0.15, 0.2) is 0 Å². The van der Waals surface area contributed by atoms with E-state index in [2.05, 4.69) is 15.3 Å². The van der Waals surface area contributed by atoms with Crippen molar-refractivity contribution in [2.75, 3.05) is 5.73 Å². The number of carbonyl (C=O) groups is 1. The molecule has 2 rings (SSSR count). The number of thiazole rings is 1. The molecule has 0 aliphatic rings. The van der Waals surface area contributed by atoms with Crippen LogP contribution in [-0.2, 0) is 6.42 Å². The van der Waals surface area contributed by atoms with E-state index < -0.39 is 11.7 Å².